The van der Waals surface area contributed by atoms with E-state index in [1.807, 2.05) is 48.5 Å². The number of ether oxygens (including phenoxy) is 2. The maximum Gasteiger partial charge on any atom is 0.239 e. The lowest BCUT2D eigenvalue weighted by molar-refractivity contribution is -0.126. The zero-order chi connectivity index (χ0) is 23.8. The molecule has 2 amide bonds. The molecule has 6 nitrogen and oxygen atoms in total. The number of anilines is 1. The van der Waals surface area contributed by atoms with Gasteiger partial charge in [0.2, 0.25) is 11.8 Å². The van der Waals surface area contributed by atoms with Gasteiger partial charge in [-0.25, -0.2) is 4.90 Å². The number of aliphatic hydroxyl groups excluding tert-OH is 1. The van der Waals surface area contributed by atoms with Crippen LogP contribution in [0, 0.1) is 11.8 Å². The Balaban J connectivity index is 1.64. The summed E-state index contributed by atoms with van der Waals surface area (Å²) in [5.74, 6) is -1.29. The Bertz CT molecular complexity index is 1300. The first kappa shape index (κ1) is 20.9. The molecule has 1 fully saturated rings. The van der Waals surface area contributed by atoms with Crippen LogP contribution in [0.5, 0.6) is 11.5 Å². The largest absolute Gasteiger partial charge is 0.497 e. The minimum absolute atomic E-state index is 0.268. The number of nitrogens with zero attached hydrogens (tertiary/aromatic N) is 1. The van der Waals surface area contributed by atoms with E-state index in [-0.39, 0.29) is 17.7 Å². The van der Waals surface area contributed by atoms with Gasteiger partial charge >= 0.3 is 0 Å². The Labute approximate surface area is 197 Å². The quantitative estimate of drug-likeness (QED) is 0.608. The number of hydrogen-bond donors (Lipinski definition) is 1. The van der Waals surface area contributed by atoms with E-state index in [4.69, 9.17) is 9.47 Å². The average molecular weight is 456 g/mol. The van der Waals surface area contributed by atoms with Gasteiger partial charge in [-0.15, -0.1) is 0 Å². The minimum atomic E-state index is -1.03. The fraction of sp³-hybridized carbons (Fsp3) is 0.286. The molecule has 3 aliphatic carbocycles. The molecule has 6 heteroatoms. The Hall–Kier alpha value is -3.64. The number of aliphatic hydroxyl groups is 1. The molecule has 1 saturated heterocycles. The van der Waals surface area contributed by atoms with Crippen LogP contribution in [-0.4, -0.2) is 37.2 Å². The Morgan fingerprint density at radius 1 is 0.882 bits per heavy atom. The van der Waals surface area contributed by atoms with Gasteiger partial charge in [0.15, 0.2) is 0 Å². The first-order valence-electron chi connectivity index (χ1n) is 11.4. The molecule has 0 saturated carbocycles. The van der Waals surface area contributed by atoms with Crippen molar-refractivity contribution in [2.24, 2.45) is 11.8 Å². The van der Waals surface area contributed by atoms with E-state index in [9.17, 15) is 14.7 Å². The highest BCUT2D eigenvalue weighted by Crippen LogP contribution is 2.65. The lowest BCUT2D eigenvalue weighted by Crippen LogP contribution is -2.58. The second kappa shape index (κ2) is 7.18. The molecule has 34 heavy (non-hydrogen) atoms. The molecule has 0 spiro atoms. The molecule has 0 aromatic heterocycles. The molecule has 0 unspecified atom stereocenters. The minimum Gasteiger partial charge on any atom is -0.497 e. The van der Waals surface area contributed by atoms with E-state index in [2.05, 4.69) is 0 Å². The molecule has 7 rings (SSSR count). The monoisotopic (exact) mass is 455 g/mol. The summed E-state index contributed by atoms with van der Waals surface area (Å²) in [5.41, 5.74) is 3.19. The van der Waals surface area contributed by atoms with Crippen LogP contribution in [0.4, 0.5) is 5.69 Å². The van der Waals surface area contributed by atoms with Crippen molar-refractivity contribution < 1.29 is 24.2 Å². The molecule has 1 aliphatic heterocycles. The van der Waals surface area contributed by atoms with Gasteiger partial charge in [-0.3, -0.25) is 9.59 Å². The number of carbonyl (C=O) groups excluding carboxylic acids is 2. The van der Waals surface area contributed by atoms with E-state index in [1.165, 1.54) is 19.1 Å². The lowest BCUT2D eigenvalue weighted by Gasteiger charge is -2.55. The summed E-state index contributed by atoms with van der Waals surface area (Å²) in [7, 11) is 3.05. The zero-order valence-electron chi connectivity index (χ0n) is 19.2. The maximum atomic E-state index is 14.2. The predicted octanol–water partition coefficient (Wildman–Crippen LogP) is 3.64. The fourth-order valence-corrected chi connectivity index (χ4v) is 6.75. The number of benzene rings is 3. The van der Waals surface area contributed by atoms with Crippen LogP contribution in [0.3, 0.4) is 0 Å². The molecule has 1 N–H and O–H groups in total. The van der Waals surface area contributed by atoms with Gasteiger partial charge in [-0.05, 0) is 41.3 Å². The van der Waals surface area contributed by atoms with Gasteiger partial charge in [0, 0.05) is 12.0 Å². The smallest absolute Gasteiger partial charge is 0.239 e. The average Bonchev–Trinajstić information content (AvgIpc) is 3.13. The highest BCUT2D eigenvalue weighted by molar-refractivity contribution is 6.24. The highest BCUT2D eigenvalue weighted by Gasteiger charge is 2.69. The normalized spacial score (nSPS) is 27.2. The maximum absolute atomic E-state index is 14.2. The van der Waals surface area contributed by atoms with Crippen LogP contribution < -0.4 is 14.4 Å². The van der Waals surface area contributed by atoms with Gasteiger partial charge in [0.25, 0.3) is 0 Å². The fourth-order valence-electron chi connectivity index (χ4n) is 6.75. The van der Waals surface area contributed by atoms with Crippen molar-refractivity contribution in [3.05, 3.63) is 89.0 Å². The predicted molar refractivity (Wildman–Crippen MR) is 126 cm³/mol. The van der Waals surface area contributed by atoms with Crippen molar-refractivity contribution in [3.63, 3.8) is 0 Å². The topological polar surface area (TPSA) is 76.1 Å². The molecule has 2 bridgehead atoms. The molecular formula is C28H25NO5. The molecule has 0 radical (unpaired) electrons. The third kappa shape index (κ3) is 2.33. The Morgan fingerprint density at radius 2 is 1.50 bits per heavy atom. The standard InChI is InChI=1S/C28H25NO5/c1-15(30)28-19-10-6-4-8-17(19)23(18-9-5-7-11-20(18)28)24-25(28)27(32)29(26(24)31)21-14-16(33-2)12-13-22(21)34-3/h4-15,23-25,30H,1-3H3/t15-,23?,24+,25+,28?/m0/s1. The van der Waals surface area contributed by atoms with Crippen molar-refractivity contribution in [2.45, 2.75) is 24.4 Å². The molecule has 3 aromatic rings. The van der Waals surface area contributed by atoms with Crippen LogP contribution in [0.2, 0.25) is 0 Å². The molecule has 172 valence electrons. The second-order valence-corrected chi connectivity index (χ2v) is 9.25. The van der Waals surface area contributed by atoms with Crippen molar-refractivity contribution in [1.29, 1.82) is 0 Å². The van der Waals surface area contributed by atoms with Gasteiger partial charge in [-0.1, -0.05) is 48.5 Å². The van der Waals surface area contributed by atoms with Crippen LogP contribution in [0.15, 0.2) is 66.7 Å². The van der Waals surface area contributed by atoms with Crippen LogP contribution >= 0.6 is 0 Å². The summed E-state index contributed by atoms with van der Waals surface area (Å²) >= 11 is 0. The van der Waals surface area contributed by atoms with Crippen LogP contribution in [0.25, 0.3) is 0 Å². The molecule has 4 aliphatic rings. The van der Waals surface area contributed by atoms with Crippen molar-refractivity contribution in [1.82, 2.24) is 0 Å². The van der Waals surface area contributed by atoms with Gasteiger partial charge < -0.3 is 14.6 Å². The van der Waals surface area contributed by atoms with E-state index >= 15 is 0 Å². The van der Waals surface area contributed by atoms with Crippen molar-refractivity contribution >= 4 is 17.5 Å². The van der Waals surface area contributed by atoms with E-state index < -0.39 is 23.4 Å². The number of amides is 2. The summed E-state index contributed by atoms with van der Waals surface area (Å²) in [6, 6.07) is 20.9. The molecule has 3 atom stereocenters. The molecular weight excluding hydrogens is 430 g/mol. The number of hydrogen-bond acceptors (Lipinski definition) is 5. The third-order valence-electron chi connectivity index (χ3n) is 7.97. The van der Waals surface area contributed by atoms with E-state index in [1.54, 1.807) is 25.1 Å². The van der Waals surface area contributed by atoms with Gasteiger partial charge in [0.05, 0.1) is 43.3 Å². The summed E-state index contributed by atoms with van der Waals surface area (Å²) < 4.78 is 10.9. The molecule has 1 heterocycles. The summed E-state index contributed by atoms with van der Waals surface area (Å²) in [5, 5.41) is 11.4. The highest BCUT2D eigenvalue weighted by atomic mass is 16.5. The van der Waals surface area contributed by atoms with Gasteiger partial charge in [0.1, 0.15) is 11.5 Å². The third-order valence-corrected chi connectivity index (χ3v) is 7.97. The van der Waals surface area contributed by atoms with Gasteiger partial charge in [-0.2, -0.15) is 0 Å². The Morgan fingerprint density at radius 3 is 2.06 bits per heavy atom. The molecule has 3 aromatic carbocycles. The number of carbonyl (C=O) groups is 2. The Kier molecular flexibility index (Phi) is 4.42. The summed E-state index contributed by atoms with van der Waals surface area (Å²) in [4.78, 5) is 29.6. The second-order valence-electron chi connectivity index (χ2n) is 9.25. The van der Waals surface area contributed by atoms with Crippen molar-refractivity contribution in [3.8, 4) is 11.5 Å². The van der Waals surface area contributed by atoms with E-state index in [0.717, 1.165) is 22.3 Å². The summed E-state index contributed by atoms with van der Waals surface area (Å²) in [6.45, 7) is 1.73. The van der Waals surface area contributed by atoms with Crippen molar-refractivity contribution in [2.75, 3.05) is 19.1 Å². The van der Waals surface area contributed by atoms with E-state index in [0.29, 0.717) is 17.2 Å². The number of rotatable bonds is 4. The SMILES string of the molecule is COc1ccc(OC)c(N2C(=O)[C@@H]3C4c5ccccc5C([C@H](C)O)(c5ccccc54)[C@H]3C2=O)c1. The number of imide groups is 1. The summed E-state index contributed by atoms with van der Waals surface area (Å²) in [6.07, 6.45) is -0.896. The lowest BCUT2D eigenvalue weighted by atomic mass is 9.46. The zero-order valence-corrected chi connectivity index (χ0v) is 19.2. The number of methoxy groups -OCH3 is 2. The first-order chi connectivity index (χ1) is 16.5. The van der Waals surface area contributed by atoms with Crippen LogP contribution in [-0.2, 0) is 15.0 Å². The first-order valence-corrected chi connectivity index (χ1v) is 11.4. The van der Waals surface area contributed by atoms with Crippen LogP contribution in [0.1, 0.15) is 35.1 Å².